The maximum absolute atomic E-state index is 2.61. The van der Waals surface area contributed by atoms with E-state index in [0.717, 1.165) is 23.2 Å². The molecule has 5 atom stereocenters. The van der Waals surface area contributed by atoms with Gasteiger partial charge in [0.15, 0.2) is 0 Å². The molecule has 0 N–H and O–H groups in total. The molecule has 0 aliphatic heterocycles. The third-order valence-electron chi connectivity index (χ3n) is 6.84. The molecule has 4 saturated carbocycles. The lowest BCUT2D eigenvalue weighted by Gasteiger charge is -2.34. The average Bonchev–Trinajstić information content (AvgIpc) is 2.62. The second-order valence-electron chi connectivity index (χ2n) is 7.02. The zero-order chi connectivity index (χ0) is 11.6. The summed E-state index contributed by atoms with van der Waals surface area (Å²) in [6.07, 6.45) is 8.47. The highest BCUT2D eigenvalue weighted by Crippen LogP contribution is 2.87. The van der Waals surface area contributed by atoms with E-state index in [1.807, 2.05) is 0 Å². The molecule has 0 nitrogen and oxygen atoms in total. The molecular weight excluding hydrogens is 208 g/mol. The molecule has 4 bridgehead atoms. The number of allylic oxidation sites excluding steroid dienone is 2. The molecule has 0 saturated heterocycles. The molecule has 0 radical (unpaired) electrons. The standard InChI is InChI=1S/C15H26Si/c1-10(9-16)5-4-6-14(2)11-7-12-13(8-11)15(12,14)3/h5,11-13H,4,6-9H2,1-3,16H3/b10-5+/t11?,12-,13?,14?,15?/m1/s1. The second kappa shape index (κ2) is 3.25. The first-order valence-electron chi connectivity index (χ1n) is 7.19. The van der Waals surface area contributed by atoms with Crippen molar-refractivity contribution >= 4 is 10.2 Å². The fourth-order valence-electron chi connectivity index (χ4n) is 5.27. The molecule has 4 unspecified atom stereocenters. The molecule has 4 rings (SSSR count). The van der Waals surface area contributed by atoms with Gasteiger partial charge in [-0.15, -0.1) is 0 Å². The minimum Gasteiger partial charge on any atom is -0.0859 e. The third-order valence-corrected chi connectivity index (χ3v) is 7.96. The summed E-state index contributed by atoms with van der Waals surface area (Å²) >= 11 is 0. The summed E-state index contributed by atoms with van der Waals surface area (Å²) in [6.45, 7) is 7.51. The first-order chi connectivity index (χ1) is 7.54. The lowest BCUT2D eigenvalue weighted by atomic mass is 9.71. The zero-order valence-corrected chi connectivity index (χ0v) is 13.3. The SMILES string of the molecule is C/C(=C\CCC1(C)C2CC3[C@@H](C2)C31C)C[SiH3]. The van der Waals surface area contributed by atoms with E-state index in [1.165, 1.54) is 29.1 Å². The van der Waals surface area contributed by atoms with Crippen LogP contribution in [0.25, 0.3) is 0 Å². The molecule has 4 fully saturated rings. The van der Waals surface area contributed by atoms with E-state index in [2.05, 4.69) is 26.8 Å². The second-order valence-corrected chi connectivity index (χ2v) is 7.73. The van der Waals surface area contributed by atoms with Crippen LogP contribution in [0.5, 0.6) is 0 Å². The van der Waals surface area contributed by atoms with Gasteiger partial charge in [-0.3, -0.25) is 0 Å². The van der Waals surface area contributed by atoms with Crippen LogP contribution in [-0.4, -0.2) is 10.2 Å². The highest BCUT2D eigenvalue weighted by Gasteiger charge is 2.80. The van der Waals surface area contributed by atoms with Crippen molar-refractivity contribution in [2.45, 2.75) is 52.5 Å². The minimum absolute atomic E-state index is 0.699. The predicted octanol–water partition coefficient (Wildman–Crippen LogP) is 3.18. The van der Waals surface area contributed by atoms with E-state index in [4.69, 9.17) is 0 Å². The van der Waals surface area contributed by atoms with Crippen molar-refractivity contribution in [1.82, 2.24) is 0 Å². The van der Waals surface area contributed by atoms with Crippen LogP contribution in [0.1, 0.15) is 46.5 Å². The van der Waals surface area contributed by atoms with Gasteiger partial charge in [0.05, 0.1) is 0 Å². The molecule has 4 aliphatic carbocycles. The van der Waals surface area contributed by atoms with Crippen LogP contribution in [0, 0.1) is 28.6 Å². The first kappa shape index (κ1) is 11.1. The Hall–Kier alpha value is -0.0431. The van der Waals surface area contributed by atoms with Crippen LogP contribution < -0.4 is 0 Å². The number of hydrogen-bond donors (Lipinski definition) is 0. The van der Waals surface area contributed by atoms with Gasteiger partial charge in [0.1, 0.15) is 0 Å². The van der Waals surface area contributed by atoms with Crippen LogP contribution in [-0.2, 0) is 0 Å². The van der Waals surface area contributed by atoms with Gasteiger partial charge in [-0.2, -0.15) is 0 Å². The molecule has 0 aromatic rings. The van der Waals surface area contributed by atoms with Crippen molar-refractivity contribution < 1.29 is 0 Å². The Morgan fingerprint density at radius 3 is 2.38 bits per heavy atom. The smallest absolute Gasteiger partial charge is 0.00788 e. The average molecular weight is 234 g/mol. The van der Waals surface area contributed by atoms with Crippen LogP contribution in [0.4, 0.5) is 0 Å². The summed E-state index contributed by atoms with van der Waals surface area (Å²) in [5.74, 6) is 3.34. The third kappa shape index (κ3) is 1.11. The monoisotopic (exact) mass is 234 g/mol. The van der Waals surface area contributed by atoms with Gasteiger partial charge in [-0.1, -0.05) is 25.5 Å². The van der Waals surface area contributed by atoms with E-state index >= 15 is 0 Å². The van der Waals surface area contributed by atoms with Gasteiger partial charge >= 0.3 is 0 Å². The van der Waals surface area contributed by atoms with E-state index < -0.39 is 0 Å². The van der Waals surface area contributed by atoms with Crippen molar-refractivity contribution in [1.29, 1.82) is 0 Å². The maximum atomic E-state index is 2.61. The van der Waals surface area contributed by atoms with Crippen molar-refractivity contribution in [3.05, 3.63) is 11.6 Å². The number of rotatable bonds is 4. The molecular formula is C15H26Si. The summed E-state index contributed by atoms with van der Waals surface area (Å²) in [6, 6.07) is 1.36. The van der Waals surface area contributed by atoms with E-state index in [0.29, 0.717) is 5.41 Å². The Morgan fingerprint density at radius 2 is 1.94 bits per heavy atom. The molecule has 0 spiro atoms. The van der Waals surface area contributed by atoms with Gasteiger partial charge in [0, 0.05) is 10.2 Å². The highest BCUT2D eigenvalue weighted by atomic mass is 28.1. The summed E-state index contributed by atoms with van der Waals surface area (Å²) in [5, 5.41) is 0. The van der Waals surface area contributed by atoms with Crippen molar-refractivity contribution in [3.8, 4) is 0 Å². The topological polar surface area (TPSA) is 0 Å². The molecule has 0 aromatic heterocycles. The Kier molecular flexibility index (Phi) is 2.25. The highest BCUT2D eigenvalue weighted by molar-refractivity contribution is 6.10. The lowest BCUT2D eigenvalue weighted by molar-refractivity contribution is 0.155. The normalized spacial score (nSPS) is 53.7. The van der Waals surface area contributed by atoms with E-state index in [1.54, 1.807) is 18.4 Å². The molecule has 4 aliphatic rings. The van der Waals surface area contributed by atoms with Gasteiger partial charge < -0.3 is 0 Å². The fraction of sp³-hybridized carbons (Fsp3) is 0.867. The predicted molar refractivity (Wildman–Crippen MR) is 73.7 cm³/mol. The quantitative estimate of drug-likeness (QED) is 0.518. The first-order valence-corrected chi connectivity index (χ1v) is 8.61. The Morgan fingerprint density at radius 1 is 1.31 bits per heavy atom. The molecule has 0 aromatic carbocycles. The van der Waals surface area contributed by atoms with Crippen LogP contribution in [0.2, 0.25) is 6.04 Å². The molecule has 16 heavy (non-hydrogen) atoms. The Balaban J connectivity index is 1.68. The van der Waals surface area contributed by atoms with Gasteiger partial charge in [-0.25, -0.2) is 0 Å². The molecule has 0 amide bonds. The van der Waals surface area contributed by atoms with Crippen molar-refractivity contribution in [3.63, 3.8) is 0 Å². The summed E-state index contributed by atoms with van der Waals surface area (Å²) in [7, 11) is 1.33. The minimum atomic E-state index is 0.699. The summed E-state index contributed by atoms with van der Waals surface area (Å²) in [4.78, 5) is 0. The molecule has 90 valence electrons. The van der Waals surface area contributed by atoms with Crippen molar-refractivity contribution in [2.24, 2.45) is 28.6 Å². The van der Waals surface area contributed by atoms with Crippen molar-refractivity contribution in [2.75, 3.05) is 0 Å². The van der Waals surface area contributed by atoms with Gasteiger partial charge in [0.25, 0.3) is 0 Å². The number of hydrogen-bond acceptors (Lipinski definition) is 0. The summed E-state index contributed by atoms with van der Waals surface area (Å²) in [5.41, 5.74) is 3.10. The van der Waals surface area contributed by atoms with E-state index in [-0.39, 0.29) is 0 Å². The Labute approximate surface area is 103 Å². The van der Waals surface area contributed by atoms with Gasteiger partial charge in [-0.05, 0) is 67.2 Å². The zero-order valence-electron chi connectivity index (χ0n) is 11.3. The fourth-order valence-corrected chi connectivity index (χ4v) is 5.56. The summed E-state index contributed by atoms with van der Waals surface area (Å²) < 4.78 is 0. The molecule has 0 heterocycles. The lowest BCUT2D eigenvalue weighted by Crippen LogP contribution is -2.26. The van der Waals surface area contributed by atoms with Gasteiger partial charge in [0.2, 0.25) is 0 Å². The van der Waals surface area contributed by atoms with Crippen LogP contribution in [0.15, 0.2) is 11.6 Å². The Bertz CT molecular complexity index is 331. The van der Waals surface area contributed by atoms with Crippen LogP contribution in [0.3, 0.4) is 0 Å². The van der Waals surface area contributed by atoms with E-state index in [9.17, 15) is 0 Å². The van der Waals surface area contributed by atoms with Crippen LogP contribution >= 0.6 is 0 Å². The molecule has 1 heteroatoms. The maximum Gasteiger partial charge on any atom is 0.00788 e. The largest absolute Gasteiger partial charge is 0.0859 e.